The normalized spacial score (nSPS) is 14.9. The number of amides is 5. The molecule has 0 unspecified atom stereocenters. The average molecular weight is 820 g/mol. The van der Waals surface area contributed by atoms with Gasteiger partial charge in [0.25, 0.3) is 5.91 Å². The number of nitrogens with one attached hydrogen (secondary N) is 6. The maximum atomic E-state index is 13.9. The van der Waals surface area contributed by atoms with Gasteiger partial charge in [-0.2, -0.15) is 0 Å². The standard InChI is InChI=1S/C42H57N7O10/c1-7-25(5)36(40(55)47-33(42(57)58)19-28-21-43-30-17-13-12-16-29(28)30)49-41(56)37(26(6)8-2)48-39(54)32(20-35(51)52)46-38(53)31(18-24(3)4)45-34(50)22-44-59-23-27-14-10-9-11-15-27/h9-17,21-22,24-26,31-33,36-37,43H,7-8,18-20,23H2,1-6H3,(H,45,50)(H,46,53)(H,47,55)(H,48,54)(H,49,56)(H,51,52)(H,57,58)/b44-22+/t25-,26-,31-,32-,33-,36-,37-/m0/s1. The van der Waals surface area contributed by atoms with Gasteiger partial charge in [0.05, 0.1) is 6.42 Å². The van der Waals surface area contributed by atoms with Crippen LogP contribution in [-0.2, 0) is 51.4 Å². The molecule has 1 aromatic heterocycles. The Kier molecular flexibility index (Phi) is 18.5. The number of hydrogen-bond donors (Lipinski definition) is 8. The van der Waals surface area contributed by atoms with Crippen LogP contribution in [0.25, 0.3) is 10.9 Å². The Morgan fingerprint density at radius 2 is 1.27 bits per heavy atom. The van der Waals surface area contributed by atoms with Crippen molar-refractivity contribution in [3.8, 4) is 0 Å². The lowest BCUT2D eigenvalue weighted by atomic mass is 9.94. The van der Waals surface area contributed by atoms with E-state index in [4.69, 9.17) is 4.84 Å². The maximum Gasteiger partial charge on any atom is 0.326 e. The van der Waals surface area contributed by atoms with Crippen molar-refractivity contribution in [2.45, 2.75) is 110 Å². The third kappa shape index (κ3) is 14.9. The molecule has 0 spiro atoms. The van der Waals surface area contributed by atoms with E-state index in [-0.39, 0.29) is 25.4 Å². The van der Waals surface area contributed by atoms with Crippen molar-refractivity contribution in [1.82, 2.24) is 31.6 Å². The predicted molar refractivity (Wildman–Crippen MR) is 220 cm³/mol. The molecule has 0 saturated carbocycles. The van der Waals surface area contributed by atoms with E-state index >= 15 is 0 Å². The van der Waals surface area contributed by atoms with Crippen LogP contribution < -0.4 is 26.6 Å². The van der Waals surface area contributed by atoms with Gasteiger partial charge in [0.2, 0.25) is 23.6 Å². The third-order valence-corrected chi connectivity index (χ3v) is 9.97. The fourth-order valence-electron chi connectivity index (χ4n) is 6.22. The van der Waals surface area contributed by atoms with Crippen molar-refractivity contribution in [3.05, 3.63) is 71.9 Å². The van der Waals surface area contributed by atoms with E-state index in [0.29, 0.717) is 18.4 Å². The second-order valence-corrected chi connectivity index (χ2v) is 15.0. The minimum absolute atomic E-state index is 0.0348. The van der Waals surface area contributed by atoms with Gasteiger partial charge in [-0.25, -0.2) is 4.79 Å². The van der Waals surface area contributed by atoms with Crippen LogP contribution in [0.2, 0.25) is 0 Å². The number of oxime groups is 1. The van der Waals surface area contributed by atoms with Crippen LogP contribution in [0.5, 0.6) is 0 Å². The molecule has 8 N–H and O–H groups in total. The first-order valence-electron chi connectivity index (χ1n) is 19.7. The van der Waals surface area contributed by atoms with Crippen LogP contribution >= 0.6 is 0 Å². The molecular formula is C42H57N7O10. The van der Waals surface area contributed by atoms with Crippen molar-refractivity contribution < 1.29 is 48.6 Å². The molecule has 59 heavy (non-hydrogen) atoms. The molecular weight excluding hydrogens is 763 g/mol. The number of carbonyl (C=O) groups excluding carboxylic acids is 5. The van der Waals surface area contributed by atoms with Crippen LogP contribution in [-0.4, -0.2) is 93.1 Å². The van der Waals surface area contributed by atoms with Gasteiger partial charge in [0, 0.05) is 23.5 Å². The Morgan fingerprint density at radius 3 is 1.86 bits per heavy atom. The monoisotopic (exact) mass is 819 g/mol. The van der Waals surface area contributed by atoms with Gasteiger partial charge in [-0.05, 0) is 41.4 Å². The lowest BCUT2D eigenvalue weighted by Gasteiger charge is -2.30. The molecule has 0 fully saturated rings. The number of aliphatic carboxylic acids is 2. The number of carboxylic acid groups (broad SMARTS) is 2. The highest BCUT2D eigenvalue weighted by Crippen LogP contribution is 2.20. The number of carbonyl (C=O) groups is 7. The summed E-state index contributed by atoms with van der Waals surface area (Å²) in [6.45, 7) is 10.7. The van der Waals surface area contributed by atoms with E-state index in [1.54, 1.807) is 47.7 Å². The number of fused-ring (bicyclic) bond motifs is 1. The molecule has 0 bridgehead atoms. The lowest BCUT2D eigenvalue weighted by Crippen LogP contribution is -2.61. The number of aromatic amines is 1. The Bertz CT molecular complexity index is 1930. The number of aromatic nitrogens is 1. The second-order valence-electron chi connectivity index (χ2n) is 15.0. The van der Waals surface area contributed by atoms with E-state index in [1.165, 1.54) is 0 Å². The first kappa shape index (κ1) is 47.1. The zero-order chi connectivity index (χ0) is 43.6. The minimum atomic E-state index is -1.66. The molecule has 17 heteroatoms. The van der Waals surface area contributed by atoms with E-state index in [1.807, 2.05) is 54.6 Å². The average Bonchev–Trinajstić information content (AvgIpc) is 3.61. The second kappa shape index (κ2) is 23.2. The molecule has 3 rings (SSSR count). The number of carboxylic acids is 2. The van der Waals surface area contributed by atoms with Gasteiger partial charge >= 0.3 is 11.9 Å². The first-order chi connectivity index (χ1) is 28.0. The Morgan fingerprint density at radius 1 is 0.712 bits per heavy atom. The van der Waals surface area contributed by atoms with Gasteiger partial charge < -0.3 is 46.6 Å². The van der Waals surface area contributed by atoms with Crippen LogP contribution in [0.4, 0.5) is 0 Å². The number of nitrogens with zero attached hydrogens (tertiary/aromatic N) is 1. The van der Waals surface area contributed by atoms with Gasteiger partial charge in [-0.1, -0.05) is 108 Å². The van der Waals surface area contributed by atoms with Crippen molar-refractivity contribution in [2.75, 3.05) is 0 Å². The van der Waals surface area contributed by atoms with Crippen LogP contribution in [0.3, 0.4) is 0 Å². The molecule has 3 aromatic rings. The summed E-state index contributed by atoms with van der Waals surface area (Å²) in [5.41, 5.74) is 2.30. The van der Waals surface area contributed by atoms with Crippen LogP contribution in [0.1, 0.15) is 78.4 Å². The van der Waals surface area contributed by atoms with Crippen molar-refractivity contribution >= 4 is 58.6 Å². The highest BCUT2D eigenvalue weighted by Gasteiger charge is 2.36. The smallest absolute Gasteiger partial charge is 0.326 e. The van der Waals surface area contributed by atoms with E-state index in [2.05, 4.69) is 36.7 Å². The zero-order valence-corrected chi connectivity index (χ0v) is 34.3. The summed E-state index contributed by atoms with van der Waals surface area (Å²) >= 11 is 0. The van der Waals surface area contributed by atoms with E-state index in [0.717, 1.165) is 22.7 Å². The third-order valence-electron chi connectivity index (χ3n) is 9.97. The molecule has 320 valence electrons. The Labute approximate surface area is 343 Å². The fraction of sp³-hybridized carbons (Fsp3) is 0.476. The molecule has 0 aliphatic carbocycles. The Balaban J connectivity index is 1.75. The summed E-state index contributed by atoms with van der Waals surface area (Å²) in [7, 11) is 0. The van der Waals surface area contributed by atoms with Gasteiger partial charge in [0.1, 0.15) is 43.0 Å². The summed E-state index contributed by atoms with van der Waals surface area (Å²) < 4.78 is 0. The number of rotatable bonds is 24. The molecule has 5 amide bonds. The maximum absolute atomic E-state index is 13.9. The summed E-state index contributed by atoms with van der Waals surface area (Å²) in [5.74, 6) is -7.91. The molecule has 0 aliphatic heterocycles. The summed E-state index contributed by atoms with van der Waals surface area (Å²) in [6, 6.07) is 9.76. The summed E-state index contributed by atoms with van der Waals surface area (Å²) in [5, 5.41) is 37.0. The predicted octanol–water partition coefficient (Wildman–Crippen LogP) is 3.03. The molecule has 0 aliphatic rings. The van der Waals surface area contributed by atoms with Crippen LogP contribution in [0, 0.1) is 17.8 Å². The molecule has 0 radical (unpaired) electrons. The number of hydrogen-bond acceptors (Lipinski definition) is 9. The van der Waals surface area contributed by atoms with Gasteiger partial charge in [0.15, 0.2) is 0 Å². The highest BCUT2D eigenvalue weighted by molar-refractivity contribution is 6.26. The topological polar surface area (TPSA) is 257 Å². The zero-order valence-electron chi connectivity index (χ0n) is 34.3. The van der Waals surface area contributed by atoms with Crippen molar-refractivity contribution in [1.29, 1.82) is 0 Å². The lowest BCUT2D eigenvalue weighted by molar-refractivity contribution is -0.142. The largest absolute Gasteiger partial charge is 0.481 e. The molecule has 1 heterocycles. The summed E-state index contributed by atoms with van der Waals surface area (Å²) in [4.78, 5) is 100. The summed E-state index contributed by atoms with van der Waals surface area (Å²) in [6.07, 6.45) is 2.57. The SMILES string of the molecule is CC[C@H](C)[C@H](NC(=O)[C@H](CC(=O)O)NC(=O)[C@H](CC(C)C)NC(=O)/C=N/OCc1ccccc1)C(=O)N[C@H](C(=O)N[C@@H](Cc1c[nH]c2ccccc12)C(=O)O)[C@@H](C)CC. The minimum Gasteiger partial charge on any atom is -0.481 e. The van der Waals surface area contributed by atoms with E-state index < -0.39 is 89.9 Å². The van der Waals surface area contributed by atoms with Crippen LogP contribution in [0.15, 0.2) is 65.9 Å². The van der Waals surface area contributed by atoms with Gasteiger partial charge in [-0.3, -0.25) is 28.8 Å². The quantitative estimate of drug-likeness (QED) is 0.0484. The fourth-order valence-corrected chi connectivity index (χ4v) is 6.22. The highest BCUT2D eigenvalue weighted by atomic mass is 16.6. The van der Waals surface area contributed by atoms with Crippen molar-refractivity contribution in [3.63, 3.8) is 0 Å². The molecule has 2 aromatic carbocycles. The van der Waals surface area contributed by atoms with Crippen molar-refractivity contribution in [2.24, 2.45) is 22.9 Å². The first-order valence-corrected chi connectivity index (χ1v) is 19.7. The number of para-hydroxylation sites is 1. The van der Waals surface area contributed by atoms with Gasteiger partial charge in [-0.15, -0.1) is 0 Å². The molecule has 7 atom stereocenters. The number of H-pyrrole nitrogens is 1. The molecule has 0 saturated heterocycles. The Hall–Kier alpha value is -6.26. The van der Waals surface area contributed by atoms with E-state index in [9.17, 15) is 43.8 Å². The number of benzene rings is 2. The molecule has 17 nitrogen and oxygen atoms in total.